The van der Waals surface area contributed by atoms with Crippen LogP contribution in [0.4, 0.5) is 11.4 Å². The molecule has 4 heteroatoms. The first kappa shape index (κ1) is 14.9. The molecule has 2 rings (SSSR count). The van der Waals surface area contributed by atoms with Crippen LogP contribution in [0.15, 0.2) is 42.5 Å². The Kier molecular flexibility index (Phi) is 4.82. The minimum Gasteiger partial charge on any atom is -0.495 e. The lowest BCUT2D eigenvalue weighted by Gasteiger charge is -2.08. The van der Waals surface area contributed by atoms with Gasteiger partial charge in [0.25, 0.3) is 0 Å². The zero-order chi connectivity index (χ0) is 15.2. The Bertz CT molecular complexity index is 621. The van der Waals surface area contributed by atoms with Crippen molar-refractivity contribution in [3.8, 4) is 5.75 Å². The summed E-state index contributed by atoms with van der Waals surface area (Å²) < 4.78 is 5.11. The summed E-state index contributed by atoms with van der Waals surface area (Å²) in [7, 11) is 1.58. The van der Waals surface area contributed by atoms with Crippen molar-refractivity contribution in [3.05, 3.63) is 53.6 Å². The van der Waals surface area contributed by atoms with E-state index in [1.165, 1.54) is 5.56 Å². The number of methoxy groups -OCH3 is 1. The van der Waals surface area contributed by atoms with Gasteiger partial charge in [0.15, 0.2) is 0 Å². The van der Waals surface area contributed by atoms with Crippen molar-refractivity contribution in [1.29, 1.82) is 0 Å². The van der Waals surface area contributed by atoms with Gasteiger partial charge in [-0.05, 0) is 43.2 Å². The van der Waals surface area contributed by atoms with Crippen molar-refractivity contribution in [3.63, 3.8) is 0 Å². The summed E-state index contributed by atoms with van der Waals surface area (Å²) in [5.74, 6) is 0.649. The fourth-order valence-corrected chi connectivity index (χ4v) is 2.06. The van der Waals surface area contributed by atoms with Gasteiger partial charge in [0.1, 0.15) is 5.75 Å². The summed E-state index contributed by atoms with van der Waals surface area (Å²) in [4.78, 5) is 11.9. The number of anilines is 2. The maximum absolute atomic E-state index is 11.9. The van der Waals surface area contributed by atoms with E-state index >= 15 is 0 Å². The van der Waals surface area contributed by atoms with Crippen LogP contribution in [0, 0.1) is 6.92 Å². The highest BCUT2D eigenvalue weighted by atomic mass is 16.5. The van der Waals surface area contributed by atoms with Crippen LogP contribution in [-0.2, 0) is 11.2 Å². The highest BCUT2D eigenvalue weighted by molar-refractivity contribution is 5.90. The van der Waals surface area contributed by atoms with Gasteiger partial charge in [-0.15, -0.1) is 0 Å². The number of carbonyl (C=O) groups is 1. The van der Waals surface area contributed by atoms with Crippen LogP contribution in [0.2, 0.25) is 0 Å². The second-order valence-electron chi connectivity index (χ2n) is 4.99. The number of hydrogen-bond acceptors (Lipinski definition) is 3. The summed E-state index contributed by atoms with van der Waals surface area (Å²) in [5, 5.41) is 2.88. The summed E-state index contributed by atoms with van der Waals surface area (Å²) in [6.45, 7) is 2.01. The molecule has 0 spiro atoms. The van der Waals surface area contributed by atoms with Crippen LogP contribution in [0.1, 0.15) is 17.5 Å². The number of nitrogens with two attached hydrogens (primary N) is 1. The Morgan fingerprint density at radius 3 is 2.52 bits per heavy atom. The minimum absolute atomic E-state index is 0.00626. The molecule has 3 N–H and O–H groups in total. The summed E-state index contributed by atoms with van der Waals surface area (Å²) >= 11 is 0. The third kappa shape index (κ3) is 4.24. The lowest BCUT2D eigenvalue weighted by atomic mass is 10.1. The monoisotopic (exact) mass is 284 g/mol. The third-order valence-corrected chi connectivity index (χ3v) is 3.27. The Morgan fingerprint density at radius 1 is 1.19 bits per heavy atom. The maximum Gasteiger partial charge on any atom is 0.224 e. The smallest absolute Gasteiger partial charge is 0.224 e. The quantitative estimate of drug-likeness (QED) is 0.829. The van der Waals surface area contributed by atoms with Gasteiger partial charge in [-0.25, -0.2) is 0 Å². The Labute approximate surface area is 124 Å². The highest BCUT2D eigenvalue weighted by Crippen LogP contribution is 2.22. The molecule has 0 unspecified atom stereocenters. The van der Waals surface area contributed by atoms with Gasteiger partial charge in [0.2, 0.25) is 5.91 Å². The number of nitrogens with one attached hydrogen (secondary N) is 1. The second-order valence-corrected chi connectivity index (χ2v) is 4.99. The molecule has 0 aliphatic carbocycles. The number of hydrogen-bond donors (Lipinski definition) is 2. The normalized spacial score (nSPS) is 10.2. The first-order valence-corrected chi connectivity index (χ1v) is 6.87. The van der Waals surface area contributed by atoms with Crippen LogP contribution < -0.4 is 15.8 Å². The van der Waals surface area contributed by atoms with Crippen molar-refractivity contribution in [1.82, 2.24) is 0 Å². The minimum atomic E-state index is -0.00626. The van der Waals surface area contributed by atoms with E-state index in [-0.39, 0.29) is 5.91 Å². The van der Waals surface area contributed by atoms with Gasteiger partial charge in [-0.2, -0.15) is 0 Å². The van der Waals surface area contributed by atoms with E-state index in [1.807, 2.05) is 49.4 Å². The standard InChI is InChI=1S/C17H20N2O2/c1-12-3-7-14(8-4-12)19-17(20)10-6-13-5-9-16(21-2)15(18)11-13/h3-5,7-9,11H,6,10,18H2,1-2H3,(H,19,20). The lowest BCUT2D eigenvalue weighted by Crippen LogP contribution is -2.12. The zero-order valence-corrected chi connectivity index (χ0v) is 12.3. The molecular formula is C17H20N2O2. The molecule has 0 aliphatic rings. The van der Waals surface area contributed by atoms with Crippen molar-refractivity contribution in [2.75, 3.05) is 18.2 Å². The zero-order valence-electron chi connectivity index (χ0n) is 12.3. The van der Waals surface area contributed by atoms with E-state index in [9.17, 15) is 4.79 Å². The Balaban J connectivity index is 1.89. The number of carbonyl (C=O) groups excluding carboxylic acids is 1. The number of benzene rings is 2. The van der Waals surface area contributed by atoms with Crippen molar-refractivity contribution in [2.45, 2.75) is 19.8 Å². The van der Waals surface area contributed by atoms with Crippen LogP contribution in [-0.4, -0.2) is 13.0 Å². The van der Waals surface area contributed by atoms with Crippen molar-refractivity contribution >= 4 is 17.3 Å². The molecule has 0 fully saturated rings. The Morgan fingerprint density at radius 2 is 1.90 bits per heavy atom. The van der Waals surface area contributed by atoms with Gasteiger partial charge in [-0.1, -0.05) is 23.8 Å². The van der Waals surface area contributed by atoms with Gasteiger partial charge in [0, 0.05) is 12.1 Å². The van der Waals surface area contributed by atoms with E-state index in [1.54, 1.807) is 7.11 Å². The average molecular weight is 284 g/mol. The van der Waals surface area contributed by atoms with Gasteiger partial charge in [0.05, 0.1) is 12.8 Å². The average Bonchev–Trinajstić information content (AvgIpc) is 2.48. The first-order valence-electron chi connectivity index (χ1n) is 6.87. The molecule has 0 bridgehead atoms. The fourth-order valence-electron chi connectivity index (χ4n) is 2.06. The number of nitrogen functional groups attached to an aromatic ring is 1. The van der Waals surface area contributed by atoms with Crippen LogP contribution in [0.3, 0.4) is 0 Å². The van der Waals surface area contributed by atoms with Gasteiger partial charge in [-0.3, -0.25) is 4.79 Å². The summed E-state index contributed by atoms with van der Waals surface area (Å²) in [6.07, 6.45) is 1.06. The van der Waals surface area contributed by atoms with E-state index in [4.69, 9.17) is 10.5 Å². The molecule has 2 aromatic carbocycles. The lowest BCUT2D eigenvalue weighted by molar-refractivity contribution is -0.116. The molecule has 0 aliphatic heterocycles. The molecule has 2 aromatic rings. The first-order chi connectivity index (χ1) is 10.1. The molecule has 0 saturated carbocycles. The van der Waals surface area contributed by atoms with E-state index in [0.717, 1.165) is 11.3 Å². The van der Waals surface area contributed by atoms with Gasteiger partial charge < -0.3 is 15.8 Å². The molecular weight excluding hydrogens is 264 g/mol. The molecule has 110 valence electrons. The maximum atomic E-state index is 11.9. The summed E-state index contributed by atoms with van der Waals surface area (Å²) in [5.41, 5.74) is 9.45. The van der Waals surface area contributed by atoms with E-state index < -0.39 is 0 Å². The highest BCUT2D eigenvalue weighted by Gasteiger charge is 2.05. The van der Waals surface area contributed by atoms with Gasteiger partial charge >= 0.3 is 0 Å². The topological polar surface area (TPSA) is 64.3 Å². The SMILES string of the molecule is COc1ccc(CCC(=O)Nc2ccc(C)cc2)cc1N. The molecule has 0 aromatic heterocycles. The predicted octanol–water partition coefficient (Wildman–Crippen LogP) is 3.16. The fraction of sp³-hybridized carbons (Fsp3) is 0.235. The number of amides is 1. The largest absolute Gasteiger partial charge is 0.495 e. The van der Waals surface area contributed by atoms with E-state index in [2.05, 4.69) is 5.32 Å². The number of rotatable bonds is 5. The molecule has 0 heterocycles. The van der Waals surface area contributed by atoms with Crippen molar-refractivity contribution < 1.29 is 9.53 Å². The van der Waals surface area contributed by atoms with E-state index in [0.29, 0.717) is 24.3 Å². The van der Waals surface area contributed by atoms with Crippen LogP contribution in [0.5, 0.6) is 5.75 Å². The molecule has 4 nitrogen and oxygen atoms in total. The molecule has 1 amide bonds. The Hall–Kier alpha value is -2.49. The third-order valence-electron chi connectivity index (χ3n) is 3.27. The van der Waals surface area contributed by atoms with Crippen LogP contribution >= 0.6 is 0 Å². The molecule has 0 atom stereocenters. The molecule has 0 saturated heterocycles. The molecule has 0 radical (unpaired) electrons. The van der Waals surface area contributed by atoms with Crippen LogP contribution in [0.25, 0.3) is 0 Å². The van der Waals surface area contributed by atoms with Crippen molar-refractivity contribution in [2.24, 2.45) is 0 Å². The summed E-state index contributed by atoms with van der Waals surface area (Å²) in [6, 6.07) is 13.3. The number of aryl methyl sites for hydroxylation is 2. The predicted molar refractivity (Wildman–Crippen MR) is 85.5 cm³/mol. The second kappa shape index (κ2) is 6.79. The number of ether oxygens (including phenoxy) is 1. The molecule has 21 heavy (non-hydrogen) atoms.